The molecule has 0 aromatic rings. The summed E-state index contributed by atoms with van der Waals surface area (Å²) in [6, 6.07) is 0. The van der Waals surface area contributed by atoms with Crippen molar-refractivity contribution >= 4 is 11.6 Å². The number of aliphatic imine (C=N–C) groups is 2. The molecule has 3 aliphatic rings. The van der Waals surface area contributed by atoms with Gasteiger partial charge in [0.15, 0.2) is 11.4 Å². The summed E-state index contributed by atoms with van der Waals surface area (Å²) in [5, 5.41) is 0. The highest BCUT2D eigenvalue weighted by Crippen LogP contribution is 2.44. The number of methoxy groups -OCH3 is 1. The predicted molar refractivity (Wildman–Crippen MR) is 63.4 cm³/mol. The Labute approximate surface area is 101 Å². The molecule has 2 spiro atoms. The van der Waals surface area contributed by atoms with Gasteiger partial charge in [-0.25, -0.2) is 4.99 Å². The number of hydrogen-bond donors (Lipinski definition) is 0. The van der Waals surface area contributed by atoms with Crippen LogP contribution >= 0.6 is 0 Å². The van der Waals surface area contributed by atoms with Crippen LogP contribution in [0.25, 0.3) is 0 Å². The van der Waals surface area contributed by atoms with Crippen LogP contribution in [0.1, 0.15) is 32.6 Å². The van der Waals surface area contributed by atoms with Crippen molar-refractivity contribution in [3.63, 3.8) is 0 Å². The third-order valence-electron chi connectivity index (χ3n) is 3.81. The van der Waals surface area contributed by atoms with E-state index in [4.69, 9.17) is 14.2 Å². The summed E-state index contributed by atoms with van der Waals surface area (Å²) in [6.07, 6.45) is 3.48. The minimum absolute atomic E-state index is 0.310. The lowest BCUT2D eigenvalue weighted by Crippen LogP contribution is -2.41. The zero-order valence-corrected chi connectivity index (χ0v) is 10.4. The quantitative estimate of drug-likeness (QED) is 0.643. The maximum Gasteiger partial charge on any atom is 0.232 e. The van der Waals surface area contributed by atoms with Crippen LogP contribution < -0.4 is 0 Å². The molecule has 2 aliphatic heterocycles. The van der Waals surface area contributed by atoms with Crippen LogP contribution in [0.4, 0.5) is 0 Å². The highest BCUT2D eigenvalue weighted by atomic mass is 16.7. The van der Waals surface area contributed by atoms with E-state index in [2.05, 4.69) is 9.98 Å². The molecular formula is C12H18N2O3. The van der Waals surface area contributed by atoms with Gasteiger partial charge >= 0.3 is 0 Å². The van der Waals surface area contributed by atoms with Gasteiger partial charge in [0.05, 0.1) is 26.0 Å². The molecule has 0 radical (unpaired) electrons. The molecule has 94 valence electrons. The lowest BCUT2D eigenvalue weighted by atomic mass is 9.86. The van der Waals surface area contributed by atoms with Gasteiger partial charge in [-0.05, 0) is 19.8 Å². The number of ether oxygens (including phenoxy) is 3. The zero-order chi connectivity index (χ0) is 11.9. The molecule has 0 amide bonds. The molecule has 0 aromatic carbocycles. The molecule has 2 heterocycles. The van der Waals surface area contributed by atoms with E-state index in [0.717, 1.165) is 31.4 Å². The number of nitrogens with zero attached hydrogens (tertiary/aromatic N) is 2. The van der Waals surface area contributed by atoms with E-state index >= 15 is 0 Å². The summed E-state index contributed by atoms with van der Waals surface area (Å²) in [6.45, 7) is 3.37. The molecule has 5 nitrogen and oxygen atoms in total. The van der Waals surface area contributed by atoms with Crippen LogP contribution in [0, 0.1) is 0 Å². The standard InChI is InChI=1S/C12H18N2O3/c1-9-10(15-2)14-11(13-9)3-5-12(6-4-11)16-7-8-17-12/h3-8H2,1-2H3. The molecule has 3 rings (SSSR count). The third-order valence-corrected chi connectivity index (χ3v) is 3.81. The maximum absolute atomic E-state index is 5.71. The van der Waals surface area contributed by atoms with E-state index < -0.39 is 0 Å². The van der Waals surface area contributed by atoms with Gasteiger partial charge in [-0.2, -0.15) is 0 Å². The molecule has 0 N–H and O–H groups in total. The first kappa shape index (κ1) is 11.2. The minimum Gasteiger partial charge on any atom is -0.480 e. The van der Waals surface area contributed by atoms with Crippen LogP contribution in [0.3, 0.4) is 0 Å². The van der Waals surface area contributed by atoms with Crippen molar-refractivity contribution in [2.24, 2.45) is 9.98 Å². The van der Waals surface area contributed by atoms with E-state index in [9.17, 15) is 0 Å². The van der Waals surface area contributed by atoms with E-state index in [1.54, 1.807) is 7.11 Å². The fraction of sp³-hybridized carbons (Fsp3) is 0.833. The summed E-state index contributed by atoms with van der Waals surface area (Å²) >= 11 is 0. The van der Waals surface area contributed by atoms with Gasteiger partial charge in [0.1, 0.15) is 0 Å². The lowest BCUT2D eigenvalue weighted by molar-refractivity contribution is -0.183. The number of hydrogen-bond acceptors (Lipinski definition) is 5. The van der Waals surface area contributed by atoms with E-state index in [1.807, 2.05) is 6.92 Å². The van der Waals surface area contributed by atoms with Crippen LogP contribution in [0.15, 0.2) is 9.98 Å². The van der Waals surface area contributed by atoms with Crippen molar-refractivity contribution in [2.75, 3.05) is 20.3 Å². The highest BCUT2D eigenvalue weighted by molar-refractivity contribution is 6.39. The van der Waals surface area contributed by atoms with Gasteiger partial charge in [0, 0.05) is 12.8 Å². The smallest absolute Gasteiger partial charge is 0.232 e. The second-order valence-electron chi connectivity index (χ2n) is 4.91. The Morgan fingerprint density at radius 2 is 1.71 bits per heavy atom. The third kappa shape index (κ3) is 1.77. The average Bonchev–Trinajstić information content (AvgIpc) is 2.90. The fourth-order valence-electron chi connectivity index (χ4n) is 2.89. The first-order chi connectivity index (χ1) is 8.17. The Morgan fingerprint density at radius 1 is 1.06 bits per heavy atom. The van der Waals surface area contributed by atoms with E-state index in [0.29, 0.717) is 19.1 Å². The Morgan fingerprint density at radius 3 is 2.24 bits per heavy atom. The second kappa shape index (κ2) is 3.78. The summed E-state index contributed by atoms with van der Waals surface area (Å²) in [7, 11) is 1.64. The average molecular weight is 238 g/mol. The molecule has 0 atom stereocenters. The molecule has 0 unspecified atom stereocenters. The fourth-order valence-corrected chi connectivity index (χ4v) is 2.89. The van der Waals surface area contributed by atoms with Crippen LogP contribution in [0.2, 0.25) is 0 Å². The summed E-state index contributed by atoms with van der Waals surface area (Å²) in [5.41, 5.74) is 0.590. The van der Waals surface area contributed by atoms with Crippen LogP contribution in [-0.2, 0) is 14.2 Å². The first-order valence-corrected chi connectivity index (χ1v) is 6.16. The number of rotatable bonds is 0. The van der Waals surface area contributed by atoms with Crippen LogP contribution in [-0.4, -0.2) is 43.4 Å². The minimum atomic E-state index is -0.347. The van der Waals surface area contributed by atoms with Gasteiger partial charge in [-0.3, -0.25) is 4.99 Å². The van der Waals surface area contributed by atoms with Crippen molar-refractivity contribution in [3.05, 3.63) is 0 Å². The summed E-state index contributed by atoms with van der Waals surface area (Å²) in [5.74, 6) is 0.328. The van der Waals surface area contributed by atoms with Crippen molar-refractivity contribution < 1.29 is 14.2 Å². The van der Waals surface area contributed by atoms with Gasteiger partial charge in [-0.1, -0.05) is 0 Å². The molecule has 1 saturated carbocycles. The Bertz CT molecular complexity index is 373. The molecule has 0 bridgehead atoms. The normalized spacial score (nSPS) is 29.5. The van der Waals surface area contributed by atoms with Crippen molar-refractivity contribution in [1.29, 1.82) is 0 Å². The molecule has 0 aromatic heterocycles. The van der Waals surface area contributed by atoms with Gasteiger partial charge in [-0.15, -0.1) is 0 Å². The van der Waals surface area contributed by atoms with Crippen molar-refractivity contribution in [3.8, 4) is 0 Å². The second-order valence-corrected chi connectivity index (χ2v) is 4.91. The van der Waals surface area contributed by atoms with Gasteiger partial charge in [0.2, 0.25) is 5.90 Å². The van der Waals surface area contributed by atoms with Gasteiger partial charge < -0.3 is 14.2 Å². The zero-order valence-electron chi connectivity index (χ0n) is 10.4. The summed E-state index contributed by atoms with van der Waals surface area (Å²) in [4.78, 5) is 9.28. The first-order valence-electron chi connectivity index (χ1n) is 6.16. The van der Waals surface area contributed by atoms with Crippen molar-refractivity contribution in [1.82, 2.24) is 0 Å². The molecule has 5 heteroatoms. The Balaban J connectivity index is 1.75. The summed E-state index contributed by atoms with van der Waals surface area (Å²) < 4.78 is 16.7. The monoisotopic (exact) mass is 238 g/mol. The lowest BCUT2D eigenvalue weighted by Gasteiger charge is -2.37. The molecule has 1 saturated heterocycles. The molecule has 1 aliphatic carbocycles. The molecule has 17 heavy (non-hydrogen) atoms. The molecule has 2 fully saturated rings. The largest absolute Gasteiger partial charge is 0.480 e. The molecular weight excluding hydrogens is 220 g/mol. The Kier molecular flexibility index (Phi) is 2.48. The predicted octanol–water partition coefficient (Wildman–Crippen LogP) is 1.52. The Hall–Kier alpha value is -0.940. The van der Waals surface area contributed by atoms with E-state index in [-0.39, 0.29) is 11.4 Å². The SMILES string of the molecule is COC1=NC2(CCC3(CC2)OCCO3)N=C1C. The van der Waals surface area contributed by atoms with E-state index in [1.165, 1.54) is 0 Å². The highest BCUT2D eigenvalue weighted by Gasteiger charge is 2.48. The van der Waals surface area contributed by atoms with Crippen LogP contribution in [0.5, 0.6) is 0 Å². The maximum atomic E-state index is 5.71. The van der Waals surface area contributed by atoms with Gasteiger partial charge in [0.25, 0.3) is 0 Å². The topological polar surface area (TPSA) is 52.4 Å². The van der Waals surface area contributed by atoms with Crippen molar-refractivity contribution in [2.45, 2.75) is 44.1 Å².